The molecule has 0 aromatic carbocycles. The minimum Gasteiger partial charge on any atom is -0.309 e. The van der Waals surface area contributed by atoms with E-state index in [1.165, 1.54) is 12.3 Å². The molecule has 0 saturated heterocycles. The van der Waals surface area contributed by atoms with E-state index in [9.17, 15) is 0 Å². The molecule has 3 heteroatoms. The van der Waals surface area contributed by atoms with E-state index in [2.05, 4.69) is 32.8 Å². The van der Waals surface area contributed by atoms with Gasteiger partial charge < -0.3 is 4.90 Å². The second-order valence-corrected chi connectivity index (χ2v) is 5.83. The summed E-state index contributed by atoms with van der Waals surface area (Å²) in [4.78, 5) is 2.22. The third-order valence-electron chi connectivity index (χ3n) is 0.882. The van der Waals surface area contributed by atoms with Gasteiger partial charge in [0.2, 0.25) is 0 Å². The molecule has 0 saturated carbocycles. The first kappa shape index (κ1) is 10.7. The van der Waals surface area contributed by atoms with Gasteiger partial charge in [0.15, 0.2) is 0 Å². The predicted molar refractivity (Wildman–Crippen MR) is 53.7 cm³/mol. The molecule has 10 heavy (non-hydrogen) atoms. The van der Waals surface area contributed by atoms with Crippen LogP contribution in [0.15, 0.2) is 0 Å². The highest BCUT2D eigenvalue weighted by molar-refractivity contribution is 8.76. The lowest BCUT2D eigenvalue weighted by molar-refractivity contribution is 0.438. The Morgan fingerprint density at radius 1 is 1.30 bits per heavy atom. The van der Waals surface area contributed by atoms with Crippen LogP contribution in [0.1, 0.15) is 13.8 Å². The quantitative estimate of drug-likeness (QED) is 0.471. The smallest absolute Gasteiger partial charge is 0.0165 e. The van der Waals surface area contributed by atoms with Crippen LogP contribution in [0.5, 0.6) is 0 Å². The molecular formula is C7H17NS2. The molecule has 62 valence electrons. The van der Waals surface area contributed by atoms with Gasteiger partial charge in [-0.05, 0) is 14.1 Å². The second-order valence-electron chi connectivity index (χ2n) is 2.77. The Kier molecular flexibility index (Phi) is 6.80. The Bertz CT molecular complexity index is 64.0. The van der Waals surface area contributed by atoms with Crippen LogP contribution in [0.4, 0.5) is 0 Å². The third kappa shape index (κ3) is 8.66. The lowest BCUT2D eigenvalue weighted by atomic mass is 10.6. The van der Waals surface area contributed by atoms with Gasteiger partial charge in [-0.15, -0.1) is 0 Å². The van der Waals surface area contributed by atoms with Gasteiger partial charge in [0, 0.05) is 17.5 Å². The van der Waals surface area contributed by atoms with Crippen LogP contribution in [0.3, 0.4) is 0 Å². The van der Waals surface area contributed by atoms with E-state index in [0.29, 0.717) is 0 Å². The molecule has 0 aromatic heterocycles. The van der Waals surface area contributed by atoms with E-state index >= 15 is 0 Å². The summed E-state index contributed by atoms with van der Waals surface area (Å²) < 4.78 is 0. The van der Waals surface area contributed by atoms with E-state index in [-0.39, 0.29) is 0 Å². The Hall–Kier alpha value is 0.660. The third-order valence-corrected chi connectivity index (χ3v) is 3.82. The first-order chi connectivity index (χ1) is 4.63. The summed E-state index contributed by atoms with van der Waals surface area (Å²) in [7, 11) is 8.15. The zero-order chi connectivity index (χ0) is 7.98. The van der Waals surface area contributed by atoms with Crippen LogP contribution < -0.4 is 0 Å². The number of rotatable bonds is 5. The molecule has 0 fully saturated rings. The zero-order valence-corrected chi connectivity index (χ0v) is 8.89. The Balaban J connectivity index is 2.91. The minimum absolute atomic E-state index is 0.757. The van der Waals surface area contributed by atoms with Gasteiger partial charge in [0.1, 0.15) is 0 Å². The molecule has 0 atom stereocenters. The molecule has 0 radical (unpaired) electrons. The lowest BCUT2D eigenvalue weighted by Gasteiger charge is -2.08. The van der Waals surface area contributed by atoms with Crippen molar-refractivity contribution < 1.29 is 0 Å². The van der Waals surface area contributed by atoms with Crippen molar-refractivity contribution in [3.8, 4) is 0 Å². The van der Waals surface area contributed by atoms with Crippen LogP contribution in [-0.2, 0) is 0 Å². The molecule has 0 N–H and O–H groups in total. The van der Waals surface area contributed by atoms with Crippen molar-refractivity contribution in [3.63, 3.8) is 0 Å². The van der Waals surface area contributed by atoms with Crippen molar-refractivity contribution in [2.24, 2.45) is 0 Å². The number of hydrogen-bond acceptors (Lipinski definition) is 3. The van der Waals surface area contributed by atoms with Crippen molar-refractivity contribution in [2.45, 2.75) is 19.1 Å². The molecule has 0 amide bonds. The van der Waals surface area contributed by atoms with Gasteiger partial charge in [-0.3, -0.25) is 0 Å². The standard InChI is InChI=1S/C7H17NS2/c1-7(2)10-9-6-5-8(3)4/h7H,5-6H2,1-4H3. The van der Waals surface area contributed by atoms with Crippen LogP contribution in [0, 0.1) is 0 Å². The zero-order valence-electron chi connectivity index (χ0n) is 7.26. The summed E-state index contributed by atoms with van der Waals surface area (Å²) in [5, 5.41) is 0.757. The molecule has 0 spiro atoms. The summed E-state index contributed by atoms with van der Waals surface area (Å²) in [5.74, 6) is 1.23. The van der Waals surface area contributed by atoms with Crippen molar-refractivity contribution in [3.05, 3.63) is 0 Å². The Morgan fingerprint density at radius 3 is 2.30 bits per heavy atom. The highest BCUT2D eigenvalue weighted by atomic mass is 33.1. The number of nitrogens with zero attached hydrogens (tertiary/aromatic N) is 1. The molecule has 0 rings (SSSR count). The average Bonchev–Trinajstić information content (AvgIpc) is 1.79. The molecule has 0 aliphatic rings. The van der Waals surface area contributed by atoms with Crippen molar-refractivity contribution >= 4 is 21.6 Å². The summed E-state index contributed by atoms with van der Waals surface area (Å²) >= 11 is 0. The van der Waals surface area contributed by atoms with E-state index in [1.807, 2.05) is 21.6 Å². The molecule has 0 unspecified atom stereocenters. The topological polar surface area (TPSA) is 3.24 Å². The molecule has 1 nitrogen and oxygen atoms in total. The van der Waals surface area contributed by atoms with Gasteiger partial charge in [0.25, 0.3) is 0 Å². The first-order valence-electron chi connectivity index (χ1n) is 3.56. The van der Waals surface area contributed by atoms with Gasteiger partial charge >= 0.3 is 0 Å². The lowest BCUT2D eigenvalue weighted by Crippen LogP contribution is -2.14. The van der Waals surface area contributed by atoms with Gasteiger partial charge in [-0.1, -0.05) is 35.4 Å². The van der Waals surface area contributed by atoms with Gasteiger partial charge in [0.05, 0.1) is 0 Å². The normalized spacial score (nSPS) is 11.4. The summed E-state index contributed by atoms with van der Waals surface area (Å²) in [6.45, 7) is 5.64. The SMILES string of the molecule is CC(C)SSCCN(C)C. The molecular weight excluding hydrogens is 162 g/mol. The van der Waals surface area contributed by atoms with Crippen LogP contribution in [0.2, 0.25) is 0 Å². The summed E-state index contributed by atoms with van der Waals surface area (Å²) in [5.41, 5.74) is 0. The molecule has 0 bridgehead atoms. The minimum atomic E-state index is 0.757. The van der Waals surface area contributed by atoms with Crippen LogP contribution in [0.25, 0.3) is 0 Å². The average molecular weight is 179 g/mol. The van der Waals surface area contributed by atoms with E-state index in [1.54, 1.807) is 0 Å². The van der Waals surface area contributed by atoms with Gasteiger partial charge in [-0.2, -0.15) is 0 Å². The van der Waals surface area contributed by atoms with E-state index in [4.69, 9.17) is 0 Å². The fourth-order valence-electron chi connectivity index (χ4n) is 0.404. The van der Waals surface area contributed by atoms with Crippen LogP contribution in [-0.4, -0.2) is 36.5 Å². The van der Waals surface area contributed by atoms with E-state index < -0.39 is 0 Å². The number of hydrogen-bond donors (Lipinski definition) is 0. The Labute approximate surface area is 72.3 Å². The summed E-state index contributed by atoms with van der Waals surface area (Å²) in [6, 6.07) is 0. The maximum Gasteiger partial charge on any atom is 0.0165 e. The van der Waals surface area contributed by atoms with Crippen LogP contribution >= 0.6 is 21.6 Å². The maximum atomic E-state index is 2.23. The molecule has 0 aliphatic carbocycles. The highest BCUT2D eigenvalue weighted by Crippen LogP contribution is 2.25. The van der Waals surface area contributed by atoms with E-state index in [0.717, 1.165) is 5.25 Å². The fourth-order valence-corrected chi connectivity index (χ4v) is 2.54. The van der Waals surface area contributed by atoms with Gasteiger partial charge in [-0.25, -0.2) is 0 Å². The highest BCUT2D eigenvalue weighted by Gasteiger charge is 1.94. The second kappa shape index (κ2) is 6.38. The van der Waals surface area contributed by atoms with Crippen molar-refractivity contribution in [1.82, 2.24) is 4.90 Å². The monoisotopic (exact) mass is 179 g/mol. The summed E-state index contributed by atoms with van der Waals surface area (Å²) in [6.07, 6.45) is 0. The fraction of sp³-hybridized carbons (Fsp3) is 1.00. The molecule has 0 aromatic rings. The first-order valence-corrected chi connectivity index (χ1v) is 5.94. The molecule has 0 heterocycles. The largest absolute Gasteiger partial charge is 0.309 e. The van der Waals surface area contributed by atoms with Crippen molar-refractivity contribution in [1.29, 1.82) is 0 Å². The van der Waals surface area contributed by atoms with Crippen molar-refractivity contribution in [2.75, 3.05) is 26.4 Å². The maximum absolute atomic E-state index is 2.23. The predicted octanol–water partition coefficient (Wildman–Crippen LogP) is 2.34. The molecule has 0 aliphatic heterocycles. The Morgan fingerprint density at radius 2 is 1.90 bits per heavy atom.